The molecule has 3 heterocycles. The monoisotopic (exact) mass is 551 g/mol. The lowest BCUT2D eigenvalue weighted by Crippen LogP contribution is -2.57. The number of aromatic nitrogens is 1. The van der Waals surface area contributed by atoms with E-state index in [4.69, 9.17) is 0 Å². The highest BCUT2D eigenvalue weighted by molar-refractivity contribution is 5.94. The van der Waals surface area contributed by atoms with Crippen LogP contribution in [0.2, 0.25) is 0 Å². The van der Waals surface area contributed by atoms with Crippen LogP contribution in [-0.4, -0.2) is 70.3 Å². The number of benzene rings is 3. The summed E-state index contributed by atoms with van der Waals surface area (Å²) < 4.78 is 13.8. The van der Waals surface area contributed by atoms with E-state index in [0.717, 1.165) is 25.2 Å². The first-order chi connectivity index (χ1) is 20.0. The summed E-state index contributed by atoms with van der Waals surface area (Å²) in [6.45, 7) is 2.43. The Morgan fingerprint density at radius 3 is 2.54 bits per heavy atom. The van der Waals surface area contributed by atoms with Crippen molar-refractivity contribution in [3.8, 4) is 0 Å². The maximum atomic E-state index is 14.2. The van der Waals surface area contributed by atoms with Crippen molar-refractivity contribution in [3.63, 3.8) is 0 Å². The molecule has 0 saturated carbocycles. The number of likely N-dealkylation sites (tertiary alicyclic amines) is 1. The number of carbonyl (C=O) groups is 1. The normalized spacial score (nSPS) is 20.7. The molecule has 3 aromatic carbocycles. The number of nitrogens with one attached hydrogen (secondary N) is 1. The third kappa shape index (κ3) is 4.61. The van der Waals surface area contributed by atoms with E-state index in [9.17, 15) is 14.3 Å². The fraction of sp³-hybridized carbons (Fsp3) is 0.333. The van der Waals surface area contributed by atoms with Crippen molar-refractivity contribution in [2.24, 2.45) is 0 Å². The number of hydrogen-bond acceptors (Lipinski definition) is 6. The van der Waals surface area contributed by atoms with Crippen LogP contribution in [0.3, 0.4) is 0 Å². The number of pyridine rings is 1. The van der Waals surface area contributed by atoms with E-state index in [2.05, 4.69) is 56.5 Å². The van der Waals surface area contributed by atoms with Crippen molar-refractivity contribution < 1.29 is 14.3 Å². The highest BCUT2D eigenvalue weighted by atomic mass is 19.1. The van der Waals surface area contributed by atoms with Crippen LogP contribution in [-0.2, 0) is 11.2 Å². The lowest BCUT2D eigenvalue weighted by atomic mass is 9.84. The van der Waals surface area contributed by atoms with Crippen LogP contribution < -0.4 is 10.2 Å². The van der Waals surface area contributed by atoms with Gasteiger partial charge in [-0.25, -0.2) is 9.37 Å². The number of anilines is 2. The van der Waals surface area contributed by atoms with Gasteiger partial charge in [-0.2, -0.15) is 0 Å². The Labute approximate surface area is 239 Å². The maximum Gasteiger partial charge on any atom is 0.250 e. The number of amides is 1. The van der Waals surface area contributed by atoms with Crippen molar-refractivity contribution in [2.75, 3.05) is 43.1 Å². The minimum Gasteiger partial charge on any atom is -0.389 e. The average Bonchev–Trinajstić information content (AvgIpc) is 3.50. The summed E-state index contributed by atoms with van der Waals surface area (Å²) >= 11 is 0. The predicted octanol–water partition coefficient (Wildman–Crippen LogP) is 4.59. The molecule has 1 aromatic heterocycles. The van der Waals surface area contributed by atoms with Gasteiger partial charge in [0.25, 0.3) is 0 Å². The summed E-state index contributed by atoms with van der Waals surface area (Å²) in [6.07, 6.45) is 3.26. The van der Waals surface area contributed by atoms with E-state index in [1.165, 1.54) is 34.0 Å². The molecule has 0 radical (unpaired) electrons. The second kappa shape index (κ2) is 10.4. The lowest BCUT2D eigenvalue weighted by molar-refractivity contribution is -0.134. The van der Waals surface area contributed by atoms with Crippen LogP contribution in [0.15, 0.2) is 85.1 Å². The van der Waals surface area contributed by atoms with Crippen molar-refractivity contribution in [1.29, 1.82) is 0 Å². The fourth-order valence-electron chi connectivity index (χ4n) is 7.11. The molecule has 7 rings (SSSR count). The highest BCUT2D eigenvalue weighted by Gasteiger charge is 2.54. The molecule has 1 spiro atoms. The molecule has 2 fully saturated rings. The minimum atomic E-state index is -0.760. The van der Waals surface area contributed by atoms with Crippen LogP contribution in [0.1, 0.15) is 30.0 Å². The molecule has 4 aromatic rings. The molecule has 0 bridgehead atoms. The smallest absolute Gasteiger partial charge is 0.250 e. The summed E-state index contributed by atoms with van der Waals surface area (Å²) in [5, 5.41) is 16.7. The first-order valence-corrected chi connectivity index (χ1v) is 14.4. The molecule has 7 nitrogen and oxygen atoms in total. The van der Waals surface area contributed by atoms with Gasteiger partial charge in [-0.15, -0.1) is 0 Å². The van der Waals surface area contributed by atoms with Crippen molar-refractivity contribution >= 4 is 28.2 Å². The van der Waals surface area contributed by atoms with Gasteiger partial charge in [0, 0.05) is 37.6 Å². The molecule has 3 aliphatic rings. The number of hydrogen-bond donors (Lipinski definition) is 2. The fourth-order valence-corrected chi connectivity index (χ4v) is 7.11. The Kier molecular flexibility index (Phi) is 6.60. The van der Waals surface area contributed by atoms with Gasteiger partial charge < -0.3 is 20.2 Å². The number of aliphatic hydroxyl groups excluding tert-OH is 1. The van der Waals surface area contributed by atoms with Crippen molar-refractivity contribution in [1.82, 2.24) is 14.8 Å². The number of β-amino-alcohol motifs (C(OH)–C–C–N with tert-alkyl or cyclic N) is 1. The molecule has 1 aliphatic carbocycles. The number of rotatable bonds is 7. The van der Waals surface area contributed by atoms with Gasteiger partial charge in [0.15, 0.2) is 0 Å². The molecule has 0 unspecified atom stereocenters. The molecule has 2 N–H and O–H groups in total. The maximum absolute atomic E-state index is 14.2. The molecule has 210 valence electrons. The van der Waals surface area contributed by atoms with Gasteiger partial charge in [-0.1, -0.05) is 42.5 Å². The molecular formula is C33H34FN5O2. The minimum absolute atomic E-state index is 0.0372. The van der Waals surface area contributed by atoms with Crippen molar-refractivity contribution in [2.45, 2.75) is 36.9 Å². The number of halogens is 1. The Bertz CT molecular complexity index is 1550. The zero-order valence-electron chi connectivity index (χ0n) is 22.9. The topological polar surface area (TPSA) is 71.9 Å². The van der Waals surface area contributed by atoms with E-state index < -0.39 is 11.6 Å². The predicted molar refractivity (Wildman–Crippen MR) is 158 cm³/mol. The Hall–Kier alpha value is -4.01. The van der Waals surface area contributed by atoms with Crippen LogP contribution >= 0.6 is 0 Å². The van der Waals surface area contributed by atoms with E-state index in [-0.39, 0.29) is 24.8 Å². The largest absolute Gasteiger partial charge is 0.389 e. The number of nitrogens with zero attached hydrogens (tertiary/aromatic N) is 4. The van der Waals surface area contributed by atoms with Gasteiger partial charge in [0.2, 0.25) is 5.91 Å². The first kappa shape index (κ1) is 25.9. The Morgan fingerprint density at radius 1 is 1.00 bits per heavy atom. The Morgan fingerprint density at radius 2 is 1.78 bits per heavy atom. The third-order valence-electron chi connectivity index (χ3n) is 9.13. The van der Waals surface area contributed by atoms with Gasteiger partial charge in [0.05, 0.1) is 19.3 Å². The van der Waals surface area contributed by atoms with E-state index >= 15 is 0 Å². The van der Waals surface area contributed by atoms with Crippen LogP contribution in [0.25, 0.3) is 10.8 Å². The number of piperidine rings is 1. The van der Waals surface area contributed by atoms with Gasteiger partial charge >= 0.3 is 0 Å². The quantitative estimate of drug-likeness (QED) is 0.350. The molecule has 2 saturated heterocycles. The highest BCUT2D eigenvalue weighted by Crippen LogP contribution is 2.45. The number of aliphatic hydroxyl groups is 1. The van der Waals surface area contributed by atoms with Gasteiger partial charge in [-0.05, 0) is 77.6 Å². The van der Waals surface area contributed by atoms with E-state index in [1.54, 1.807) is 23.2 Å². The number of carbonyl (C=O) groups excluding carboxylic acids is 1. The lowest BCUT2D eigenvalue weighted by Gasteiger charge is -2.45. The Balaban J connectivity index is 1.10. The molecule has 2 aliphatic heterocycles. The molecule has 41 heavy (non-hydrogen) atoms. The molecule has 2 atom stereocenters. The first-order valence-electron chi connectivity index (χ1n) is 14.4. The van der Waals surface area contributed by atoms with E-state index in [1.807, 2.05) is 18.2 Å². The third-order valence-corrected chi connectivity index (χ3v) is 9.13. The SMILES string of the molecule is O=C1N(C[C@H](O)CNc2ccccn2)CN(c2ccc(F)cc2)C12CCN([C@@H]1Cc3cccc4cccc1c34)CC2. The summed E-state index contributed by atoms with van der Waals surface area (Å²) in [5.41, 5.74) is 2.88. The van der Waals surface area contributed by atoms with Gasteiger partial charge in [0.1, 0.15) is 17.2 Å². The van der Waals surface area contributed by atoms with E-state index in [0.29, 0.717) is 31.4 Å². The van der Waals surface area contributed by atoms with Crippen molar-refractivity contribution in [3.05, 3.63) is 102 Å². The molecule has 8 heteroatoms. The second-order valence-corrected chi connectivity index (χ2v) is 11.5. The molecule has 1 amide bonds. The molecular weight excluding hydrogens is 517 g/mol. The van der Waals surface area contributed by atoms with Crippen LogP contribution in [0, 0.1) is 5.82 Å². The zero-order chi connectivity index (χ0) is 28.0. The van der Waals surface area contributed by atoms with Crippen LogP contribution in [0.5, 0.6) is 0 Å². The summed E-state index contributed by atoms with van der Waals surface area (Å²) in [7, 11) is 0. The summed E-state index contributed by atoms with van der Waals surface area (Å²) in [5.74, 6) is 0.419. The summed E-state index contributed by atoms with van der Waals surface area (Å²) in [4.78, 5) is 24.8. The zero-order valence-corrected chi connectivity index (χ0v) is 22.9. The summed E-state index contributed by atoms with van der Waals surface area (Å²) in [6, 6.07) is 25.4. The van der Waals surface area contributed by atoms with Gasteiger partial charge in [-0.3, -0.25) is 9.69 Å². The standard InChI is InChI=1S/C33H34FN5O2/c34-25-10-12-26(13-11-25)39-22-38(21-27(40)20-36-30-9-1-2-16-35-30)32(41)33(39)14-17-37(18-15-33)29-19-24-7-3-5-23-6-4-8-28(29)31(23)24/h1-13,16,27,29,40H,14-15,17-22H2,(H,35,36)/t27-,29-/m1/s1. The second-order valence-electron chi connectivity index (χ2n) is 11.5. The average molecular weight is 552 g/mol. The van der Waals surface area contributed by atoms with Crippen LogP contribution in [0.4, 0.5) is 15.9 Å².